The Morgan fingerprint density at radius 1 is 0.548 bits per heavy atom. The summed E-state index contributed by atoms with van der Waals surface area (Å²) in [6.07, 6.45) is 7.71. The van der Waals surface area contributed by atoms with Gasteiger partial charge in [0.05, 0.1) is 16.7 Å². The zero-order valence-electron chi connectivity index (χ0n) is 18.3. The average molecular weight is 412 g/mol. The van der Waals surface area contributed by atoms with Crippen LogP contribution in [0.5, 0.6) is 0 Å². The van der Waals surface area contributed by atoms with E-state index in [2.05, 4.69) is 89.5 Å². The molecular formula is C28H33N3. The first-order valence-electron chi connectivity index (χ1n) is 11.7. The predicted molar refractivity (Wildman–Crippen MR) is 134 cm³/mol. The van der Waals surface area contributed by atoms with E-state index in [1.54, 1.807) is 0 Å². The maximum absolute atomic E-state index is 4.81. The van der Waals surface area contributed by atoms with Gasteiger partial charge in [-0.05, 0) is 37.1 Å². The number of para-hydroxylation sites is 2. The number of nitrogens with one attached hydrogen (secondary N) is 2. The van der Waals surface area contributed by atoms with Gasteiger partial charge in [0.25, 0.3) is 0 Å². The number of anilines is 1. The fraction of sp³-hybridized carbons (Fsp3) is 0.321. The molecule has 0 bridgehead atoms. The van der Waals surface area contributed by atoms with Crippen LogP contribution in [0.4, 0.5) is 5.69 Å². The van der Waals surface area contributed by atoms with Crippen LogP contribution in [0, 0.1) is 0 Å². The second-order valence-corrected chi connectivity index (χ2v) is 8.23. The maximum Gasteiger partial charge on any atom is 0.0730 e. The van der Waals surface area contributed by atoms with Crippen LogP contribution < -0.4 is 10.6 Å². The first kappa shape index (κ1) is 21.3. The van der Waals surface area contributed by atoms with Gasteiger partial charge in [0.2, 0.25) is 0 Å². The van der Waals surface area contributed by atoms with Gasteiger partial charge in [-0.25, -0.2) is 4.98 Å². The highest BCUT2D eigenvalue weighted by Gasteiger charge is 2.07. The van der Waals surface area contributed by atoms with Gasteiger partial charge in [-0.15, -0.1) is 0 Å². The summed E-state index contributed by atoms with van der Waals surface area (Å²) >= 11 is 0. The summed E-state index contributed by atoms with van der Waals surface area (Å²) in [4.78, 5) is 4.81. The molecular weight excluding hydrogens is 378 g/mol. The lowest BCUT2D eigenvalue weighted by Crippen LogP contribution is -2.14. The number of nitrogens with zero attached hydrogens (tertiary/aromatic N) is 1. The molecule has 0 aliphatic carbocycles. The molecule has 31 heavy (non-hydrogen) atoms. The third-order valence-corrected chi connectivity index (χ3v) is 5.84. The van der Waals surface area contributed by atoms with Crippen LogP contribution in [0.3, 0.4) is 0 Å². The zero-order valence-corrected chi connectivity index (χ0v) is 18.3. The molecule has 4 aromatic rings. The van der Waals surface area contributed by atoms with E-state index in [0.717, 1.165) is 30.7 Å². The highest BCUT2D eigenvalue weighted by Crippen LogP contribution is 2.30. The maximum atomic E-state index is 4.81. The lowest BCUT2D eigenvalue weighted by atomic mass is 10.1. The summed E-state index contributed by atoms with van der Waals surface area (Å²) in [5, 5.41) is 9.68. The summed E-state index contributed by atoms with van der Waals surface area (Å²) in [7, 11) is 0. The summed E-state index contributed by atoms with van der Waals surface area (Å²) in [6.45, 7) is 3.10. The molecule has 0 saturated carbocycles. The van der Waals surface area contributed by atoms with Crippen molar-refractivity contribution in [3.63, 3.8) is 0 Å². The van der Waals surface area contributed by atoms with Crippen LogP contribution in [-0.2, 0) is 6.54 Å². The van der Waals surface area contributed by atoms with Gasteiger partial charge in [-0.1, -0.05) is 92.4 Å². The Hall–Kier alpha value is -2.91. The molecule has 0 unspecified atom stereocenters. The molecule has 0 fully saturated rings. The monoisotopic (exact) mass is 411 g/mol. The number of rotatable bonds is 12. The van der Waals surface area contributed by atoms with Crippen molar-refractivity contribution in [2.24, 2.45) is 0 Å². The van der Waals surface area contributed by atoms with Crippen molar-refractivity contribution < 1.29 is 0 Å². The lowest BCUT2D eigenvalue weighted by molar-refractivity contribution is 0.569. The molecule has 0 aliphatic heterocycles. The normalized spacial score (nSPS) is 11.2. The average Bonchev–Trinajstić information content (AvgIpc) is 2.82. The van der Waals surface area contributed by atoms with Gasteiger partial charge in [0.1, 0.15) is 0 Å². The minimum absolute atomic E-state index is 0.977. The van der Waals surface area contributed by atoms with Gasteiger partial charge in [0.15, 0.2) is 0 Å². The number of fused-ring (bicyclic) bond motifs is 2. The molecule has 3 nitrogen and oxygen atoms in total. The standard InChI is InChI=1S/C28H33N3/c1(3-12-20-29-22-23-14-6-5-7-15-23)2-4-13-21-30-28-24-16-8-10-18-26(24)31-27-19-11-9-17-25(27)28/h5-11,14-19,29H,1-4,12-13,20-22H2,(H,30,31). The highest BCUT2D eigenvalue weighted by molar-refractivity contribution is 6.07. The SMILES string of the molecule is c1ccc(CNCCCCCCCCNc2c3ccccc3nc3ccccc23)cc1. The van der Waals surface area contributed by atoms with E-state index in [0.29, 0.717) is 0 Å². The van der Waals surface area contributed by atoms with E-state index in [-0.39, 0.29) is 0 Å². The van der Waals surface area contributed by atoms with Gasteiger partial charge in [-0.2, -0.15) is 0 Å². The van der Waals surface area contributed by atoms with E-state index in [4.69, 9.17) is 4.98 Å². The van der Waals surface area contributed by atoms with Gasteiger partial charge in [0, 0.05) is 23.9 Å². The minimum Gasteiger partial charge on any atom is -0.384 e. The van der Waals surface area contributed by atoms with Gasteiger partial charge >= 0.3 is 0 Å². The Morgan fingerprint density at radius 2 is 1.10 bits per heavy atom. The van der Waals surface area contributed by atoms with Crippen molar-refractivity contribution in [2.45, 2.75) is 45.1 Å². The fourth-order valence-electron chi connectivity index (χ4n) is 4.15. The van der Waals surface area contributed by atoms with Crippen LogP contribution in [0.25, 0.3) is 21.8 Å². The third kappa shape index (κ3) is 6.05. The van der Waals surface area contributed by atoms with Crippen molar-refractivity contribution in [1.29, 1.82) is 0 Å². The first-order chi connectivity index (χ1) is 15.4. The second kappa shape index (κ2) is 11.5. The van der Waals surface area contributed by atoms with Crippen molar-refractivity contribution >= 4 is 27.5 Å². The topological polar surface area (TPSA) is 37.0 Å². The van der Waals surface area contributed by atoms with Crippen molar-refractivity contribution in [2.75, 3.05) is 18.4 Å². The Balaban J connectivity index is 1.14. The Kier molecular flexibility index (Phi) is 7.89. The van der Waals surface area contributed by atoms with Crippen molar-refractivity contribution in [1.82, 2.24) is 10.3 Å². The molecule has 0 saturated heterocycles. The van der Waals surface area contributed by atoms with Gasteiger partial charge in [-0.3, -0.25) is 0 Å². The molecule has 1 aromatic heterocycles. The summed E-state index contributed by atoms with van der Waals surface area (Å²) in [5.74, 6) is 0. The number of aromatic nitrogens is 1. The van der Waals surface area contributed by atoms with Gasteiger partial charge < -0.3 is 10.6 Å². The van der Waals surface area contributed by atoms with Crippen LogP contribution in [0.2, 0.25) is 0 Å². The molecule has 0 atom stereocenters. The molecule has 0 aliphatic rings. The first-order valence-corrected chi connectivity index (χ1v) is 11.7. The molecule has 3 heteroatoms. The molecule has 0 amide bonds. The number of benzene rings is 3. The number of hydrogen-bond donors (Lipinski definition) is 2. The smallest absolute Gasteiger partial charge is 0.0730 e. The highest BCUT2D eigenvalue weighted by atomic mass is 14.9. The lowest BCUT2D eigenvalue weighted by Gasteiger charge is -2.13. The second-order valence-electron chi connectivity index (χ2n) is 8.23. The van der Waals surface area contributed by atoms with E-state index < -0.39 is 0 Å². The predicted octanol–water partition coefficient (Wildman–Crippen LogP) is 6.93. The number of unbranched alkanes of at least 4 members (excludes halogenated alkanes) is 5. The van der Waals surface area contributed by atoms with Crippen molar-refractivity contribution in [3.05, 3.63) is 84.4 Å². The van der Waals surface area contributed by atoms with Crippen LogP contribution >= 0.6 is 0 Å². The number of pyridine rings is 1. The quantitative estimate of drug-likeness (QED) is 0.196. The van der Waals surface area contributed by atoms with Crippen molar-refractivity contribution in [3.8, 4) is 0 Å². The van der Waals surface area contributed by atoms with Crippen LogP contribution in [0.15, 0.2) is 78.9 Å². The van der Waals surface area contributed by atoms with Crippen LogP contribution in [-0.4, -0.2) is 18.1 Å². The van der Waals surface area contributed by atoms with E-state index in [1.807, 2.05) is 0 Å². The summed E-state index contributed by atoms with van der Waals surface area (Å²) in [6, 6.07) is 27.5. The third-order valence-electron chi connectivity index (χ3n) is 5.84. The zero-order chi connectivity index (χ0) is 21.1. The Labute approximate surface area is 185 Å². The van der Waals surface area contributed by atoms with Crippen LogP contribution in [0.1, 0.15) is 44.1 Å². The summed E-state index contributed by atoms with van der Waals surface area (Å²) in [5.41, 5.74) is 4.71. The minimum atomic E-state index is 0.977. The molecule has 3 aromatic carbocycles. The molecule has 160 valence electrons. The van der Waals surface area contributed by atoms with E-state index >= 15 is 0 Å². The molecule has 4 rings (SSSR count). The Bertz CT molecular complexity index is 1020. The summed E-state index contributed by atoms with van der Waals surface area (Å²) < 4.78 is 0. The molecule has 2 N–H and O–H groups in total. The molecule has 0 spiro atoms. The fourth-order valence-corrected chi connectivity index (χ4v) is 4.15. The molecule has 1 heterocycles. The number of hydrogen-bond acceptors (Lipinski definition) is 3. The van der Waals surface area contributed by atoms with E-state index in [9.17, 15) is 0 Å². The Morgan fingerprint density at radius 3 is 1.77 bits per heavy atom. The van der Waals surface area contributed by atoms with E-state index in [1.165, 1.54) is 60.5 Å². The molecule has 0 radical (unpaired) electrons. The largest absolute Gasteiger partial charge is 0.384 e.